The first-order chi connectivity index (χ1) is 28.2. The van der Waals surface area contributed by atoms with Gasteiger partial charge in [0, 0.05) is 6.54 Å². The number of carbonyl (C=O) groups is 1. The molecule has 0 saturated carbocycles. The topological polar surface area (TPSA) is 200 Å². The normalized spacial score (nSPS) is 12.3. The van der Waals surface area contributed by atoms with Gasteiger partial charge in [-0.3, -0.25) is 10.0 Å². The number of amides is 1. The summed E-state index contributed by atoms with van der Waals surface area (Å²) in [5.41, 5.74) is 2.93. The maximum absolute atomic E-state index is 13.8. The molecule has 326 valence electrons. The standard InChI is InChI=1S/C38H58FN5O13S/c1-31(2)37(38(45)41-46)44(58(47,48)36-10-8-34(49-3)9-11-36)28-32-4-6-35(7-5-32)57-27-26-55-23-22-53-20-21-54-24-25-56-30-33-29-43(42-40-33)13-15-51-17-19-52-18-16-50-14-12-39/h4-11,29,31,37,46H,12-28,30H2,1-3H3,(H,41,45)/t37-/m1/s1. The molecular formula is C38H58FN5O13S. The van der Waals surface area contributed by atoms with Crippen molar-refractivity contribution >= 4 is 15.9 Å². The van der Waals surface area contributed by atoms with Crippen LogP contribution >= 0.6 is 0 Å². The van der Waals surface area contributed by atoms with Gasteiger partial charge in [-0.1, -0.05) is 31.2 Å². The van der Waals surface area contributed by atoms with E-state index in [1.165, 1.54) is 31.4 Å². The molecule has 0 aliphatic rings. The molecule has 0 aliphatic carbocycles. The van der Waals surface area contributed by atoms with Gasteiger partial charge in [0.15, 0.2) is 0 Å². The minimum absolute atomic E-state index is 0.0178. The lowest BCUT2D eigenvalue weighted by Gasteiger charge is -2.32. The van der Waals surface area contributed by atoms with Crippen molar-refractivity contribution in [2.45, 2.75) is 44.5 Å². The monoisotopic (exact) mass is 843 g/mol. The molecule has 2 N–H and O–H groups in total. The summed E-state index contributed by atoms with van der Waals surface area (Å²) in [5, 5.41) is 17.6. The number of sulfonamides is 1. The van der Waals surface area contributed by atoms with Crippen LogP contribution in [0.5, 0.6) is 11.5 Å². The van der Waals surface area contributed by atoms with Crippen LogP contribution in [-0.2, 0) is 67.7 Å². The molecule has 20 heteroatoms. The van der Waals surface area contributed by atoms with E-state index in [1.807, 2.05) is 0 Å². The average Bonchev–Trinajstić information content (AvgIpc) is 3.69. The van der Waals surface area contributed by atoms with Crippen LogP contribution in [0, 0.1) is 5.92 Å². The smallest absolute Gasteiger partial charge is 0.262 e. The molecular weight excluding hydrogens is 786 g/mol. The van der Waals surface area contributed by atoms with E-state index >= 15 is 0 Å². The second kappa shape index (κ2) is 28.6. The Labute approximate surface area is 339 Å². The van der Waals surface area contributed by atoms with Gasteiger partial charge in [0.1, 0.15) is 36.5 Å². The van der Waals surface area contributed by atoms with Gasteiger partial charge >= 0.3 is 0 Å². The summed E-state index contributed by atoms with van der Waals surface area (Å²) in [6.07, 6.45) is 1.80. The van der Waals surface area contributed by atoms with Crippen molar-refractivity contribution < 1.29 is 65.4 Å². The number of aromatic nitrogens is 3. The van der Waals surface area contributed by atoms with Crippen molar-refractivity contribution in [3.63, 3.8) is 0 Å². The fourth-order valence-electron chi connectivity index (χ4n) is 5.24. The summed E-state index contributed by atoms with van der Waals surface area (Å²) in [6.45, 7) is 8.84. The Balaban J connectivity index is 1.22. The van der Waals surface area contributed by atoms with E-state index in [-0.39, 0.29) is 24.7 Å². The van der Waals surface area contributed by atoms with Crippen LogP contribution in [0.2, 0.25) is 0 Å². The predicted octanol–water partition coefficient (Wildman–Crippen LogP) is 2.67. The molecule has 0 aliphatic heterocycles. The van der Waals surface area contributed by atoms with E-state index in [0.717, 1.165) is 4.31 Å². The van der Waals surface area contributed by atoms with Crippen LogP contribution < -0.4 is 15.0 Å². The summed E-state index contributed by atoms with van der Waals surface area (Å²) in [7, 11) is -2.69. The first-order valence-electron chi connectivity index (χ1n) is 19.0. The van der Waals surface area contributed by atoms with Gasteiger partial charge in [-0.15, -0.1) is 5.10 Å². The van der Waals surface area contributed by atoms with Gasteiger partial charge in [0.25, 0.3) is 5.91 Å². The highest BCUT2D eigenvalue weighted by Crippen LogP contribution is 2.27. The Kier molecular flexibility index (Phi) is 23.9. The number of alkyl halides is 1. The highest BCUT2D eigenvalue weighted by molar-refractivity contribution is 7.89. The van der Waals surface area contributed by atoms with Crippen molar-refractivity contribution in [1.82, 2.24) is 24.8 Å². The van der Waals surface area contributed by atoms with E-state index < -0.39 is 34.6 Å². The van der Waals surface area contributed by atoms with Crippen LogP contribution in [0.15, 0.2) is 59.6 Å². The van der Waals surface area contributed by atoms with Gasteiger partial charge in [-0.25, -0.2) is 23.0 Å². The van der Waals surface area contributed by atoms with Crippen molar-refractivity contribution in [1.29, 1.82) is 0 Å². The zero-order valence-electron chi connectivity index (χ0n) is 33.5. The lowest BCUT2D eigenvalue weighted by molar-refractivity contribution is -0.134. The highest BCUT2D eigenvalue weighted by Gasteiger charge is 2.38. The third-order valence-corrected chi connectivity index (χ3v) is 9.97. The largest absolute Gasteiger partial charge is 0.497 e. The number of hydroxylamine groups is 1. The number of benzene rings is 2. The molecule has 0 unspecified atom stereocenters. The van der Waals surface area contributed by atoms with Crippen molar-refractivity contribution in [2.75, 3.05) is 106 Å². The minimum atomic E-state index is -4.16. The molecule has 0 radical (unpaired) electrons. The van der Waals surface area contributed by atoms with Crippen LogP contribution in [0.4, 0.5) is 4.39 Å². The minimum Gasteiger partial charge on any atom is -0.497 e. The molecule has 58 heavy (non-hydrogen) atoms. The summed E-state index contributed by atoms with van der Waals surface area (Å²) in [5.74, 6) is -0.242. The van der Waals surface area contributed by atoms with Gasteiger partial charge in [0.05, 0.1) is 117 Å². The molecule has 1 amide bonds. The second-order valence-corrected chi connectivity index (χ2v) is 14.7. The zero-order chi connectivity index (χ0) is 41.9. The molecule has 1 aromatic heterocycles. The molecule has 1 atom stereocenters. The number of rotatable bonds is 34. The Morgan fingerprint density at radius 3 is 1.81 bits per heavy atom. The summed E-state index contributed by atoms with van der Waals surface area (Å²) >= 11 is 0. The Morgan fingerprint density at radius 1 is 0.759 bits per heavy atom. The van der Waals surface area contributed by atoms with Crippen molar-refractivity contribution in [2.24, 2.45) is 5.92 Å². The maximum Gasteiger partial charge on any atom is 0.262 e. The molecule has 0 spiro atoms. The number of halogens is 1. The Hall–Kier alpha value is -3.83. The zero-order valence-corrected chi connectivity index (χ0v) is 34.3. The highest BCUT2D eigenvalue weighted by atomic mass is 32.2. The number of methoxy groups -OCH3 is 1. The number of nitrogens with one attached hydrogen (secondary N) is 1. The van der Waals surface area contributed by atoms with Crippen LogP contribution in [-0.4, -0.2) is 151 Å². The lowest BCUT2D eigenvalue weighted by atomic mass is 10.0. The molecule has 1 heterocycles. The van der Waals surface area contributed by atoms with E-state index in [1.54, 1.807) is 54.5 Å². The van der Waals surface area contributed by atoms with Gasteiger partial charge < -0.3 is 42.6 Å². The first kappa shape index (κ1) is 48.5. The molecule has 18 nitrogen and oxygen atoms in total. The fraction of sp³-hybridized carbons (Fsp3) is 0.605. The van der Waals surface area contributed by atoms with Gasteiger partial charge in [0.2, 0.25) is 10.0 Å². The summed E-state index contributed by atoms with van der Waals surface area (Å²) in [6, 6.07) is 11.5. The number of ether oxygens (including phenoxy) is 9. The van der Waals surface area contributed by atoms with E-state index in [0.29, 0.717) is 115 Å². The van der Waals surface area contributed by atoms with E-state index in [4.69, 9.17) is 42.6 Å². The summed E-state index contributed by atoms with van der Waals surface area (Å²) < 4.78 is 91.2. The average molecular weight is 844 g/mol. The molecule has 3 aromatic rings. The first-order valence-corrected chi connectivity index (χ1v) is 20.4. The number of hydrogen-bond donors (Lipinski definition) is 2. The van der Waals surface area contributed by atoms with Gasteiger partial charge in [-0.2, -0.15) is 4.31 Å². The SMILES string of the molecule is COc1ccc(S(=O)(=O)N(Cc2ccc(OCCOCCOCCOCCOCc3cn(CCOCCOCCOCCF)nn3)cc2)[C@@H](C(=O)NO)C(C)C)cc1. The van der Waals surface area contributed by atoms with Crippen LogP contribution in [0.25, 0.3) is 0 Å². The van der Waals surface area contributed by atoms with E-state index in [9.17, 15) is 22.8 Å². The number of hydrogen-bond acceptors (Lipinski definition) is 15. The lowest BCUT2D eigenvalue weighted by Crippen LogP contribution is -2.51. The molecule has 0 fully saturated rings. The second-order valence-electron chi connectivity index (χ2n) is 12.8. The third-order valence-electron chi connectivity index (χ3n) is 8.13. The van der Waals surface area contributed by atoms with Crippen molar-refractivity contribution in [3.8, 4) is 11.5 Å². The molecule has 0 saturated heterocycles. The van der Waals surface area contributed by atoms with Gasteiger partial charge in [-0.05, 0) is 47.9 Å². The Morgan fingerprint density at radius 2 is 1.28 bits per heavy atom. The molecule has 2 aromatic carbocycles. The Bertz CT molecular complexity index is 1640. The van der Waals surface area contributed by atoms with E-state index in [2.05, 4.69) is 10.3 Å². The quantitative estimate of drug-likeness (QED) is 0.0505. The predicted molar refractivity (Wildman–Crippen MR) is 207 cm³/mol. The third kappa shape index (κ3) is 18.4. The van der Waals surface area contributed by atoms with Crippen LogP contribution in [0.1, 0.15) is 25.1 Å². The van der Waals surface area contributed by atoms with Crippen molar-refractivity contribution in [3.05, 3.63) is 66.0 Å². The number of carbonyl (C=O) groups excluding carboxylic acids is 1. The molecule has 0 bridgehead atoms. The van der Waals surface area contributed by atoms with Crippen LogP contribution in [0.3, 0.4) is 0 Å². The molecule has 3 rings (SSSR count). The number of nitrogens with zero attached hydrogens (tertiary/aromatic N) is 4. The maximum atomic E-state index is 13.8. The summed E-state index contributed by atoms with van der Waals surface area (Å²) in [4.78, 5) is 12.6. The fourth-order valence-corrected chi connectivity index (χ4v) is 6.95.